The largest absolute Gasteiger partial charge is 0.476 e. The molecule has 0 rings (SSSR count). The van der Waals surface area contributed by atoms with Crippen LogP contribution in [0.1, 0.15) is 0 Å². The molecule has 0 aliphatic carbocycles. The van der Waals surface area contributed by atoms with E-state index in [1.54, 1.807) is 0 Å². The van der Waals surface area contributed by atoms with Crippen molar-refractivity contribution in [1.29, 1.82) is 10.5 Å². The van der Waals surface area contributed by atoms with Crippen molar-refractivity contribution >= 4 is 17.7 Å². The molecular weight excluding hydrogens is 204 g/mol. The highest BCUT2D eigenvalue weighted by Crippen LogP contribution is 2.00. The average molecular weight is 208 g/mol. The van der Waals surface area contributed by atoms with E-state index >= 15 is 0 Å². The monoisotopic (exact) mass is 208 g/mol. The highest BCUT2D eigenvalue weighted by atomic mass is 16.4. The van der Waals surface area contributed by atoms with Crippen molar-refractivity contribution in [3.8, 4) is 12.1 Å². The van der Waals surface area contributed by atoms with E-state index in [0.29, 0.717) is 0 Å². The number of nitrogens with two attached hydrogens (primary N) is 1. The van der Waals surface area contributed by atoms with Gasteiger partial charge in [-0.1, -0.05) is 0 Å². The highest BCUT2D eigenvalue weighted by Gasteiger charge is 2.19. The van der Waals surface area contributed by atoms with Crippen LogP contribution in [0.4, 0.5) is 0 Å². The Morgan fingerprint density at radius 3 is 1.87 bits per heavy atom. The van der Waals surface area contributed by atoms with Gasteiger partial charge in [0, 0.05) is 0 Å². The number of carboxylic acids is 2. The molecule has 0 aromatic carbocycles. The lowest BCUT2D eigenvalue weighted by molar-refractivity contribution is -0.134. The number of aliphatic imine (C=N–C) groups is 1. The zero-order valence-electron chi connectivity index (χ0n) is 7.13. The van der Waals surface area contributed by atoms with Crippen molar-refractivity contribution in [2.75, 3.05) is 0 Å². The van der Waals surface area contributed by atoms with Gasteiger partial charge < -0.3 is 15.9 Å². The summed E-state index contributed by atoms with van der Waals surface area (Å²) in [7, 11) is 0. The van der Waals surface area contributed by atoms with Crippen molar-refractivity contribution in [2.24, 2.45) is 10.7 Å². The molecule has 0 amide bonds. The van der Waals surface area contributed by atoms with Crippen molar-refractivity contribution in [3.63, 3.8) is 0 Å². The quantitative estimate of drug-likeness (QED) is 0.298. The Hall–Kier alpha value is -2.87. The summed E-state index contributed by atoms with van der Waals surface area (Å²) < 4.78 is 0. The van der Waals surface area contributed by atoms with Crippen LogP contribution in [-0.2, 0) is 9.59 Å². The molecule has 0 bridgehead atoms. The first kappa shape index (κ1) is 12.1. The van der Waals surface area contributed by atoms with E-state index < -0.39 is 29.0 Å². The fourth-order valence-electron chi connectivity index (χ4n) is 0.497. The molecule has 0 atom stereocenters. The zero-order valence-corrected chi connectivity index (χ0v) is 7.13. The lowest BCUT2D eigenvalue weighted by Gasteiger charge is -1.94. The van der Waals surface area contributed by atoms with Crippen LogP contribution in [0.3, 0.4) is 0 Å². The Kier molecular flexibility index (Phi) is 4.03. The summed E-state index contributed by atoms with van der Waals surface area (Å²) in [5.74, 6) is -3.66. The lowest BCUT2D eigenvalue weighted by Crippen LogP contribution is -2.23. The van der Waals surface area contributed by atoms with E-state index in [2.05, 4.69) is 4.99 Å². The molecule has 0 saturated carbocycles. The van der Waals surface area contributed by atoms with Gasteiger partial charge in [-0.15, -0.1) is 0 Å². The van der Waals surface area contributed by atoms with Gasteiger partial charge in [-0.2, -0.15) is 10.5 Å². The highest BCUT2D eigenvalue weighted by molar-refractivity contribution is 6.61. The van der Waals surface area contributed by atoms with Gasteiger partial charge in [-0.05, 0) is 0 Å². The number of allylic oxidation sites excluding steroid dienone is 2. The third-order valence-electron chi connectivity index (χ3n) is 1.11. The molecular formula is C7H4N4O4. The van der Waals surface area contributed by atoms with Crippen molar-refractivity contribution in [1.82, 2.24) is 0 Å². The molecule has 0 fully saturated rings. The standard InChI is InChI=1S/C7H4N4O4/c8-1-3(10)4(2-9)11-5(6(12)13)7(14)15/h10H2,(H,12,13)(H,14,15)/b4-3-. The van der Waals surface area contributed by atoms with Crippen molar-refractivity contribution in [3.05, 3.63) is 11.4 Å². The molecule has 76 valence electrons. The molecule has 0 saturated heterocycles. The van der Waals surface area contributed by atoms with Gasteiger partial charge in [-0.25, -0.2) is 14.6 Å². The smallest absolute Gasteiger partial charge is 0.362 e. The van der Waals surface area contributed by atoms with Gasteiger partial charge in [0.15, 0.2) is 5.70 Å². The summed E-state index contributed by atoms with van der Waals surface area (Å²) in [5, 5.41) is 33.4. The Morgan fingerprint density at radius 2 is 1.60 bits per heavy atom. The SMILES string of the molecule is N#C/C(N)=C(\C#N)N=C(C(=O)O)C(=O)O. The molecule has 0 spiro atoms. The molecule has 0 heterocycles. The molecule has 0 aliphatic rings. The van der Waals surface area contributed by atoms with Crippen LogP contribution in [0.5, 0.6) is 0 Å². The third kappa shape index (κ3) is 3.16. The van der Waals surface area contributed by atoms with Crippen LogP contribution in [0.15, 0.2) is 16.4 Å². The minimum Gasteiger partial charge on any atom is -0.476 e. The van der Waals surface area contributed by atoms with Crippen LogP contribution in [-0.4, -0.2) is 27.9 Å². The van der Waals surface area contributed by atoms with Gasteiger partial charge in [-0.3, -0.25) is 0 Å². The summed E-state index contributed by atoms with van der Waals surface area (Å²) in [6, 6.07) is 2.65. The number of carboxylic acid groups (broad SMARTS) is 2. The van der Waals surface area contributed by atoms with Crippen molar-refractivity contribution in [2.45, 2.75) is 0 Å². The predicted octanol–water partition coefficient (Wildman–Crippen LogP) is -1.19. The normalized spacial score (nSPS) is 10.3. The van der Waals surface area contributed by atoms with E-state index in [4.69, 9.17) is 26.5 Å². The first-order chi connectivity index (χ1) is 6.93. The number of nitriles is 2. The van der Waals surface area contributed by atoms with Gasteiger partial charge >= 0.3 is 11.9 Å². The number of hydrogen-bond donors (Lipinski definition) is 3. The molecule has 0 aliphatic heterocycles. The summed E-state index contributed by atoms with van der Waals surface area (Å²) in [6.45, 7) is 0. The first-order valence-corrected chi connectivity index (χ1v) is 3.29. The van der Waals surface area contributed by atoms with Crippen LogP contribution in [0.25, 0.3) is 0 Å². The molecule has 0 unspecified atom stereocenters. The Balaban J connectivity index is 5.55. The molecule has 0 aromatic rings. The van der Waals surface area contributed by atoms with Crippen LogP contribution in [0, 0.1) is 22.7 Å². The maximum Gasteiger partial charge on any atom is 0.362 e. The number of nitrogens with zero attached hydrogens (tertiary/aromatic N) is 3. The Bertz CT molecular complexity index is 433. The van der Waals surface area contributed by atoms with Crippen LogP contribution < -0.4 is 5.73 Å². The minimum absolute atomic E-state index is 0.655. The maximum atomic E-state index is 10.3. The molecule has 0 radical (unpaired) electrons. The van der Waals surface area contributed by atoms with Crippen LogP contribution >= 0.6 is 0 Å². The van der Waals surface area contributed by atoms with E-state index in [1.807, 2.05) is 0 Å². The second-order valence-corrected chi connectivity index (χ2v) is 2.06. The van der Waals surface area contributed by atoms with Crippen molar-refractivity contribution < 1.29 is 19.8 Å². The second kappa shape index (κ2) is 4.99. The fraction of sp³-hybridized carbons (Fsp3) is 0. The Morgan fingerprint density at radius 1 is 1.13 bits per heavy atom. The van der Waals surface area contributed by atoms with Gasteiger partial charge in [0.05, 0.1) is 0 Å². The van der Waals surface area contributed by atoms with E-state index in [9.17, 15) is 9.59 Å². The molecule has 8 nitrogen and oxygen atoms in total. The van der Waals surface area contributed by atoms with E-state index in [-0.39, 0.29) is 0 Å². The number of rotatable bonds is 3. The average Bonchev–Trinajstić information content (AvgIpc) is 2.17. The van der Waals surface area contributed by atoms with E-state index in [1.165, 1.54) is 12.1 Å². The number of hydrogen-bond acceptors (Lipinski definition) is 6. The topological polar surface area (TPSA) is 161 Å². The van der Waals surface area contributed by atoms with Crippen LogP contribution in [0.2, 0.25) is 0 Å². The summed E-state index contributed by atoms with van der Waals surface area (Å²) in [4.78, 5) is 23.6. The van der Waals surface area contributed by atoms with Gasteiger partial charge in [0.2, 0.25) is 5.71 Å². The number of carbonyl (C=O) groups is 2. The summed E-state index contributed by atoms with van der Waals surface area (Å²) in [6.07, 6.45) is 0. The maximum absolute atomic E-state index is 10.3. The predicted molar refractivity (Wildman–Crippen MR) is 45.1 cm³/mol. The van der Waals surface area contributed by atoms with E-state index in [0.717, 1.165) is 0 Å². The lowest BCUT2D eigenvalue weighted by atomic mass is 10.3. The second-order valence-electron chi connectivity index (χ2n) is 2.06. The molecule has 15 heavy (non-hydrogen) atoms. The van der Waals surface area contributed by atoms with Gasteiger partial charge in [0.25, 0.3) is 0 Å². The summed E-state index contributed by atoms with van der Waals surface area (Å²) >= 11 is 0. The fourth-order valence-corrected chi connectivity index (χ4v) is 0.497. The number of aliphatic carboxylic acids is 2. The third-order valence-corrected chi connectivity index (χ3v) is 1.11. The molecule has 0 aromatic heterocycles. The zero-order chi connectivity index (χ0) is 12.0. The first-order valence-electron chi connectivity index (χ1n) is 3.29. The Labute approximate surface area is 83.2 Å². The molecule has 8 heteroatoms. The minimum atomic E-state index is -1.83. The summed E-state index contributed by atoms with van der Waals surface area (Å²) in [5.41, 5.74) is 2.28. The van der Waals surface area contributed by atoms with Gasteiger partial charge in [0.1, 0.15) is 17.8 Å². The molecule has 4 N–H and O–H groups in total.